The average molecular weight is 215 g/mol. The molecule has 1 fully saturated rings. The van der Waals surface area contributed by atoms with Gasteiger partial charge in [-0.25, -0.2) is 5.43 Å². The van der Waals surface area contributed by atoms with Crippen molar-refractivity contribution in [1.29, 1.82) is 0 Å². The summed E-state index contributed by atoms with van der Waals surface area (Å²) in [5.74, 6) is 0. The molecule has 1 saturated heterocycles. The van der Waals surface area contributed by atoms with Crippen LogP contribution in [-0.4, -0.2) is 22.3 Å². The number of hydrogen-bond acceptors (Lipinski definition) is 2. The van der Waals surface area contributed by atoms with Crippen LogP contribution in [0.15, 0.2) is 0 Å². The molecule has 0 radical (unpaired) electrons. The summed E-state index contributed by atoms with van der Waals surface area (Å²) in [6.45, 7) is 7.55. The Labute approximate surface area is 92.2 Å². The zero-order valence-electron chi connectivity index (χ0n) is 9.39. The topological polar surface area (TPSA) is 27.3 Å². The fraction of sp³-hybridized carbons (Fsp3) is 0.900. The molecule has 0 saturated carbocycles. The summed E-state index contributed by atoms with van der Waals surface area (Å²) in [7, 11) is 0. The van der Waals surface area contributed by atoms with E-state index >= 15 is 0 Å². The van der Waals surface area contributed by atoms with E-state index in [0.717, 1.165) is 24.5 Å². The number of rotatable bonds is 5. The molecular formula is C10H21N3S. The van der Waals surface area contributed by atoms with Crippen molar-refractivity contribution in [1.82, 2.24) is 15.8 Å². The second-order valence-electron chi connectivity index (χ2n) is 3.84. The van der Waals surface area contributed by atoms with Crippen LogP contribution < -0.4 is 10.7 Å². The van der Waals surface area contributed by atoms with Crippen LogP contribution in [0.2, 0.25) is 0 Å². The van der Waals surface area contributed by atoms with Crippen molar-refractivity contribution in [3.05, 3.63) is 0 Å². The lowest BCUT2D eigenvalue weighted by Gasteiger charge is -2.27. The Kier molecular flexibility index (Phi) is 4.13. The Hall–Kier alpha value is -0.350. The fourth-order valence-electron chi connectivity index (χ4n) is 1.67. The van der Waals surface area contributed by atoms with E-state index in [1.807, 2.05) is 0 Å². The molecular weight excluding hydrogens is 194 g/mol. The molecule has 0 amide bonds. The first-order chi connectivity index (χ1) is 6.67. The van der Waals surface area contributed by atoms with Crippen molar-refractivity contribution >= 4 is 17.3 Å². The summed E-state index contributed by atoms with van der Waals surface area (Å²) in [6, 6.07) is 0. The lowest BCUT2D eigenvalue weighted by Crippen LogP contribution is -2.50. The van der Waals surface area contributed by atoms with Crippen LogP contribution in [0.4, 0.5) is 0 Å². The highest BCUT2D eigenvalue weighted by molar-refractivity contribution is 7.80. The maximum atomic E-state index is 5.29. The van der Waals surface area contributed by atoms with Gasteiger partial charge in [-0.1, -0.05) is 27.2 Å². The molecule has 0 aliphatic carbocycles. The van der Waals surface area contributed by atoms with Gasteiger partial charge in [0.2, 0.25) is 0 Å². The van der Waals surface area contributed by atoms with Crippen LogP contribution >= 0.6 is 12.2 Å². The summed E-state index contributed by atoms with van der Waals surface area (Å²) in [5.41, 5.74) is 3.47. The summed E-state index contributed by atoms with van der Waals surface area (Å²) >= 11 is 5.29. The predicted octanol–water partition coefficient (Wildman–Crippen LogP) is 2.00. The second-order valence-corrected chi connectivity index (χ2v) is 4.22. The van der Waals surface area contributed by atoms with Gasteiger partial charge >= 0.3 is 0 Å². The van der Waals surface area contributed by atoms with Gasteiger partial charge in [0.25, 0.3) is 0 Å². The van der Waals surface area contributed by atoms with Crippen molar-refractivity contribution in [2.75, 3.05) is 6.54 Å². The van der Waals surface area contributed by atoms with Crippen molar-refractivity contribution in [3.8, 4) is 0 Å². The SMILES string of the molecule is CCCCN1NC(CC)(CC)NC1=S. The quantitative estimate of drug-likeness (QED) is 0.686. The van der Waals surface area contributed by atoms with E-state index in [9.17, 15) is 0 Å². The van der Waals surface area contributed by atoms with Gasteiger partial charge < -0.3 is 5.32 Å². The second kappa shape index (κ2) is 4.94. The smallest absolute Gasteiger partial charge is 0.185 e. The first-order valence-corrected chi connectivity index (χ1v) is 5.95. The number of nitrogens with one attached hydrogen (secondary N) is 2. The van der Waals surface area contributed by atoms with Gasteiger partial charge in [0.1, 0.15) is 5.66 Å². The van der Waals surface area contributed by atoms with E-state index in [1.54, 1.807) is 0 Å². The third kappa shape index (κ3) is 2.36. The standard InChI is InChI=1S/C10H21N3S/c1-4-7-8-13-9(14)11-10(5-2,6-3)12-13/h12H,4-8H2,1-3H3,(H,11,14). The molecule has 0 aromatic carbocycles. The molecule has 1 rings (SSSR count). The molecule has 82 valence electrons. The third-order valence-corrected chi connectivity index (χ3v) is 3.21. The maximum absolute atomic E-state index is 5.29. The van der Waals surface area contributed by atoms with Gasteiger partial charge in [-0.15, -0.1) is 0 Å². The number of unbranched alkanes of at least 4 members (excludes halogenated alkanes) is 1. The molecule has 4 heteroatoms. The Morgan fingerprint density at radius 3 is 2.36 bits per heavy atom. The molecule has 0 atom stereocenters. The van der Waals surface area contributed by atoms with Gasteiger partial charge in [-0.2, -0.15) is 0 Å². The molecule has 3 nitrogen and oxygen atoms in total. The van der Waals surface area contributed by atoms with Gasteiger partial charge in [-0.05, 0) is 31.5 Å². The van der Waals surface area contributed by atoms with Crippen LogP contribution in [0.25, 0.3) is 0 Å². The summed E-state index contributed by atoms with van der Waals surface area (Å²) in [6.07, 6.45) is 4.48. The zero-order valence-corrected chi connectivity index (χ0v) is 10.2. The summed E-state index contributed by atoms with van der Waals surface area (Å²) in [5, 5.41) is 6.30. The minimum atomic E-state index is 0.00479. The van der Waals surface area contributed by atoms with Crippen molar-refractivity contribution in [2.45, 2.75) is 52.1 Å². The molecule has 1 heterocycles. The van der Waals surface area contributed by atoms with E-state index in [4.69, 9.17) is 12.2 Å². The Morgan fingerprint density at radius 1 is 1.29 bits per heavy atom. The van der Waals surface area contributed by atoms with E-state index in [2.05, 4.69) is 36.5 Å². The van der Waals surface area contributed by atoms with Gasteiger partial charge in [0.05, 0.1) is 0 Å². The molecule has 0 spiro atoms. The van der Waals surface area contributed by atoms with Crippen LogP contribution in [0.1, 0.15) is 46.5 Å². The Bertz CT molecular complexity index is 202. The normalized spacial score (nSPS) is 19.9. The fourth-order valence-corrected chi connectivity index (χ4v) is 2.00. The zero-order chi connectivity index (χ0) is 10.6. The van der Waals surface area contributed by atoms with E-state index in [1.165, 1.54) is 12.8 Å². The molecule has 0 bridgehead atoms. The highest BCUT2D eigenvalue weighted by Crippen LogP contribution is 2.18. The van der Waals surface area contributed by atoms with Gasteiger partial charge in [0, 0.05) is 6.54 Å². The number of hydrazine groups is 1. The van der Waals surface area contributed by atoms with Crippen LogP contribution in [0.5, 0.6) is 0 Å². The van der Waals surface area contributed by atoms with Crippen molar-refractivity contribution in [2.24, 2.45) is 0 Å². The van der Waals surface area contributed by atoms with Crippen LogP contribution in [0.3, 0.4) is 0 Å². The predicted molar refractivity (Wildman–Crippen MR) is 63.8 cm³/mol. The molecule has 0 unspecified atom stereocenters. The van der Waals surface area contributed by atoms with E-state index < -0.39 is 0 Å². The van der Waals surface area contributed by atoms with Crippen LogP contribution in [0, 0.1) is 0 Å². The van der Waals surface area contributed by atoms with E-state index in [-0.39, 0.29) is 5.66 Å². The summed E-state index contributed by atoms with van der Waals surface area (Å²) in [4.78, 5) is 0. The van der Waals surface area contributed by atoms with Gasteiger partial charge in [-0.3, -0.25) is 5.01 Å². The monoisotopic (exact) mass is 215 g/mol. The highest BCUT2D eigenvalue weighted by atomic mass is 32.1. The van der Waals surface area contributed by atoms with Gasteiger partial charge in [0.15, 0.2) is 5.11 Å². The third-order valence-electron chi connectivity index (χ3n) is 2.88. The number of nitrogens with zero attached hydrogens (tertiary/aromatic N) is 1. The van der Waals surface area contributed by atoms with Crippen molar-refractivity contribution < 1.29 is 0 Å². The average Bonchev–Trinajstić information content (AvgIpc) is 2.53. The number of thiocarbonyl (C=S) groups is 1. The van der Waals surface area contributed by atoms with Crippen LogP contribution in [-0.2, 0) is 0 Å². The molecule has 14 heavy (non-hydrogen) atoms. The summed E-state index contributed by atoms with van der Waals surface area (Å²) < 4.78 is 0. The first kappa shape index (κ1) is 11.7. The largest absolute Gasteiger partial charge is 0.342 e. The lowest BCUT2D eigenvalue weighted by atomic mass is 10.1. The lowest BCUT2D eigenvalue weighted by molar-refractivity contribution is 0.202. The molecule has 0 aromatic heterocycles. The minimum Gasteiger partial charge on any atom is -0.342 e. The molecule has 2 N–H and O–H groups in total. The highest BCUT2D eigenvalue weighted by Gasteiger charge is 2.36. The Morgan fingerprint density at radius 2 is 1.93 bits per heavy atom. The first-order valence-electron chi connectivity index (χ1n) is 5.55. The maximum Gasteiger partial charge on any atom is 0.185 e. The minimum absolute atomic E-state index is 0.00479. The number of hydrogen-bond donors (Lipinski definition) is 2. The van der Waals surface area contributed by atoms with E-state index in [0.29, 0.717) is 0 Å². The Balaban J connectivity index is 2.53. The van der Waals surface area contributed by atoms with Crippen molar-refractivity contribution in [3.63, 3.8) is 0 Å². The molecule has 1 aliphatic heterocycles. The molecule has 1 aliphatic rings. The molecule has 0 aromatic rings.